The molecule has 0 amide bonds. The number of rotatable bonds is 5. The standard InChI is InChI=1S/C19H21ClN2O5S/c1-11-8-15(12(2)22(11)13-6-7-28(25,26)10-13)17(23)9-27-19(24)14-4-3-5-16(20)18(14)21/h3-5,8,13H,6-7,9-10,21H2,1-2H3. The second kappa shape index (κ2) is 7.60. The Bertz CT molecular complexity index is 1060. The van der Waals surface area contributed by atoms with Gasteiger partial charge in [-0.3, -0.25) is 4.79 Å². The number of Topliss-reactive ketones (excluding diaryl/α,β-unsaturated/α-hetero) is 1. The van der Waals surface area contributed by atoms with Crippen LogP contribution in [0.5, 0.6) is 0 Å². The number of nitrogens with zero attached hydrogens (tertiary/aromatic N) is 1. The number of hydrogen-bond donors (Lipinski definition) is 1. The molecule has 1 aliphatic heterocycles. The highest BCUT2D eigenvalue weighted by Gasteiger charge is 2.31. The molecule has 2 aromatic rings. The summed E-state index contributed by atoms with van der Waals surface area (Å²) in [4.78, 5) is 24.8. The molecule has 1 fully saturated rings. The van der Waals surface area contributed by atoms with Crippen LogP contribution in [0.15, 0.2) is 24.3 Å². The maximum Gasteiger partial charge on any atom is 0.340 e. The maximum absolute atomic E-state index is 12.6. The van der Waals surface area contributed by atoms with E-state index in [9.17, 15) is 18.0 Å². The molecule has 9 heteroatoms. The average molecular weight is 425 g/mol. The quantitative estimate of drug-likeness (QED) is 0.449. The molecule has 2 heterocycles. The molecule has 2 N–H and O–H groups in total. The third-order valence-electron chi connectivity index (χ3n) is 4.97. The summed E-state index contributed by atoms with van der Waals surface area (Å²) in [6.07, 6.45) is 0.523. The Labute approximate surface area is 168 Å². The molecule has 150 valence electrons. The van der Waals surface area contributed by atoms with Gasteiger partial charge in [-0.25, -0.2) is 13.2 Å². The van der Waals surface area contributed by atoms with Crippen molar-refractivity contribution in [3.8, 4) is 0 Å². The van der Waals surface area contributed by atoms with Crippen molar-refractivity contribution < 1.29 is 22.7 Å². The van der Waals surface area contributed by atoms with E-state index in [-0.39, 0.29) is 39.6 Å². The van der Waals surface area contributed by atoms with Gasteiger partial charge in [0, 0.05) is 23.0 Å². The number of ketones is 1. The summed E-state index contributed by atoms with van der Waals surface area (Å²) in [5.74, 6) is -0.880. The lowest BCUT2D eigenvalue weighted by Gasteiger charge is -2.16. The molecule has 0 saturated carbocycles. The molecule has 0 radical (unpaired) electrons. The minimum Gasteiger partial charge on any atom is -0.454 e. The molecule has 0 bridgehead atoms. The highest BCUT2D eigenvalue weighted by molar-refractivity contribution is 7.91. The zero-order valence-corrected chi connectivity index (χ0v) is 17.1. The molecule has 7 nitrogen and oxygen atoms in total. The number of aromatic nitrogens is 1. The Morgan fingerprint density at radius 2 is 2.00 bits per heavy atom. The van der Waals surface area contributed by atoms with Crippen molar-refractivity contribution in [1.82, 2.24) is 4.57 Å². The second-order valence-electron chi connectivity index (χ2n) is 6.91. The first-order valence-corrected chi connectivity index (χ1v) is 10.9. The molecule has 0 aliphatic carbocycles. The van der Waals surface area contributed by atoms with Crippen molar-refractivity contribution in [3.63, 3.8) is 0 Å². The number of anilines is 1. The van der Waals surface area contributed by atoms with Crippen LogP contribution in [0, 0.1) is 13.8 Å². The Morgan fingerprint density at radius 1 is 1.29 bits per heavy atom. The number of ether oxygens (including phenoxy) is 1. The van der Waals surface area contributed by atoms with Gasteiger partial charge in [-0.1, -0.05) is 17.7 Å². The fourth-order valence-corrected chi connectivity index (χ4v) is 5.48. The summed E-state index contributed by atoms with van der Waals surface area (Å²) >= 11 is 5.89. The van der Waals surface area contributed by atoms with Crippen LogP contribution in [0.3, 0.4) is 0 Å². The fraction of sp³-hybridized carbons (Fsp3) is 0.368. The van der Waals surface area contributed by atoms with Gasteiger partial charge in [0.25, 0.3) is 0 Å². The molecule has 1 aliphatic rings. The first-order chi connectivity index (χ1) is 13.1. The first-order valence-electron chi connectivity index (χ1n) is 8.74. The van der Waals surface area contributed by atoms with Gasteiger partial charge in [-0.15, -0.1) is 0 Å². The smallest absolute Gasteiger partial charge is 0.340 e. The van der Waals surface area contributed by atoms with Crippen molar-refractivity contribution in [2.24, 2.45) is 0 Å². The number of halogens is 1. The number of aryl methyl sites for hydroxylation is 1. The molecule has 0 spiro atoms. The summed E-state index contributed by atoms with van der Waals surface area (Å²) in [5, 5.41) is 0.232. The van der Waals surface area contributed by atoms with Crippen molar-refractivity contribution >= 4 is 38.9 Å². The first kappa shape index (κ1) is 20.4. The van der Waals surface area contributed by atoms with Crippen molar-refractivity contribution in [2.75, 3.05) is 23.8 Å². The molecular weight excluding hydrogens is 404 g/mol. The van der Waals surface area contributed by atoms with E-state index in [4.69, 9.17) is 22.1 Å². The van der Waals surface area contributed by atoms with Gasteiger partial charge >= 0.3 is 5.97 Å². The van der Waals surface area contributed by atoms with Crippen LogP contribution in [0.25, 0.3) is 0 Å². The van der Waals surface area contributed by atoms with E-state index in [2.05, 4.69) is 0 Å². The topological polar surface area (TPSA) is 108 Å². The number of sulfone groups is 1. The third-order valence-corrected chi connectivity index (χ3v) is 7.05. The number of para-hydroxylation sites is 1. The summed E-state index contributed by atoms with van der Waals surface area (Å²) < 4.78 is 30.6. The number of carbonyl (C=O) groups is 2. The number of hydrogen-bond acceptors (Lipinski definition) is 6. The zero-order chi connectivity index (χ0) is 20.6. The van der Waals surface area contributed by atoms with Crippen molar-refractivity contribution in [2.45, 2.75) is 26.3 Å². The molecule has 1 atom stereocenters. The van der Waals surface area contributed by atoms with Crippen LogP contribution < -0.4 is 5.73 Å². The largest absolute Gasteiger partial charge is 0.454 e. The van der Waals surface area contributed by atoms with Gasteiger partial charge in [0.1, 0.15) is 0 Å². The Kier molecular flexibility index (Phi) is 5.54. The highest BCUT2D eigenvalue weighted by Crippen LogP contribution is 2.29. The molecule has 28 heavy (non-hydrogen) atoms. The van der Waals surface area contributed by atoms with Gasteiger partial charge in [0.2, 0.25) is 5.78 Å². The van der Waals surface area contributed by atoms with Crippen LogP contribution in [-0.2, 0) is 14.6 Å². The van der Waals surface area contributed by atoms with Gasteiger partial charge in [0.15, 0.2) is 16.4 Å². The summed E-state index contributed by atoms with van der Waals surface area (Å²) in [6.45, 7) is 3.15. The van der Waals surface area contributed by atoms with Gasteiger partial charge in [-0.2, -0.15) is 0 Å². The van der Waals surface area contributed by atoms with Crippen molar-refractivity contribution in [3.05, 3.63) is 51.8 Å². The molecule has 1 saturated heterocycles. The zero-order valence-electron chi connectivity index (χ0n) is 15.6. The lowest BCUT2D eigenvalue weighted by atomic mass is 10.1. The Morgan fingerprint density at radius 3 is 2.64 bits per heavy atom. The van der Waals surface area contributed by atoms with Crippen LogP contribution in [-0.4, -0.2) is 42.9 Å². The van der Waals surface area contributed by atoms with E-state index < -0.39 is 22.4 Å². The minimum atomic E-state index is -3.05. The molecular formula is C19H21ClN2O5S. The molecule has 3 rings (SSSR count). The maximum atomic E-state index is 12.6. The number of nitrogen functional groups attached to an aromatic ring is 1. The summed E-state index contributed by atoms with van der Waals surface area (Å²) in [7, 11) is -3.05. The van der Waals surface area contributed by atoms with E-state index >= 15 is 0 Å². The fourth-order valence-electron chi connectivity index (χ4n) is 3.60. The van der Waals surface area contributed by atoms with E-state index in [1.54, 1.807) is 25.1 Å². The summed E-state index contributed by atoms with van der Waals surface area (Å²) in [5.41, 5.74) is 7.85. The monoisotopic (exact) mass is 424 g/mol. The Balaban J connectivity index is 1.74. The van der Waals surface area contributed by atoms with Crippen molar-refractivity contribution in [1.29, 1.82) is 0 Å². The van der Waals surface area contributed by atoms with Gasteiger partial charge in [-0.05, 0) is 38.5 Å². The predicted molar refractivity (Wildman–Crippen MR) is 107 cm³/mol. The predicted octanol–water partition coefficient (Wildman–Crippen LogP) is 2.74. The third kappa shape index (κ3) is 3.93. The number of carbonyl (C=O) groups excluding carboxylic acids is 2. The van der Waals surface area contributed by atoms with Crippen LogP contribution in [0.2, 0.25) is 5.02 Å². The summed E-state index contributed by atoms with van der Waals surface area (Å²) in [6, 6.07) is 6.11. The number of esters is 1. The lowest BCUT2D eigenvalue weighted by Crippen LogP contribution is -2.17. The van der Waals surface area contributed by atoms with Crippen LogP contribution >= 0.6 is 11.6 Å². The van der Waals surface area contributed by atoms with E-state index in [1.807, 2.05) is 11.5 Å². The van der Waals surface area contributed by atoms with Gasteiger partial charge < -0.3 is 15.0 Å². The SMILES string of the molecule is Cc1cc(C(=O)COC(=O)c2cccc(Cl)c2N)c(C)n1C1CCS(=O)(=O)C1. The minimum absolute atomic E-state index is 0.0695. The number of nitrogens with two attached hydrogens (primary N) is 1. The highest BCUT2D eigenvalue weighted by atomic mass is 35.5. The Hall–Kier alpha value is -2.32. The van der Waals surface area contributed by atoms with E-state index in [1.165, 1.54) is 6.07 Å². The molecule has 1 unspecified atom stereocenters. The molecule has 1 aromatic carbocycles. The van der Waals surface area contributed by atoms with E-state index in [0.717, 1.165) is 5.69 Å². The normalized spacial score (nSPS) is 18.2. The molecule has 1 aromatic heterocycles. The average Bonchev–Trinajstić information content (AvgIpc) is 3.13. The second-order valence-corrected chi connectivity index (χ2v) is 9.55. The van der Waals surface area contributed by atoms with E-state index in [0.29, 0.717) is 17.7 Å². The van der Waals surface area contributed by atoms with Gasteiger partial charge in [0.05, 0.1) is 27.8 Å². The van der Waals surface area contributed by atoms with Crippen LogP contribution in [0.4, 0.5) is 5.69 Å². The van der Waals surface area contributed by atoms with Crippen LogP contribution in [0.1, 0.15) is 44.6 Å². The lowest BCUT2D eigenvalue weighted by molar-refractivity contribution is 0.0475. The number of benzene rings is 1.